The molecule has 2 atom stereocenters. The maximum absolute atomic E-state index is 9.81. The number of aliphatic hydroxyl groups is 2. The number of rotatable bonds is 1. The molecule has 1 aromatic rings. The topological polar surface area (TPSA) is 40.5 Å². The van der Waals surface area contributed by atoms with Gasteiger partial charge in [-0.05, 0) is 24.5 Å². The van der Waals surface area contributed by atoms with E-state index in [0.717, 1.165) is 17.5 Å². The zero-order valence-electron chi connectivity index (χ0n) is 7.70. The van der Waals surface area contributed by atoms with Crippen LogP contribution in [-0.4, -0.2) is 16.8 Å². The van der Waals surface area contributed by atoms with Crippen LogP contribution < -0.4 is 0 Å². The summed E-state index contributed by atoms with van der Waals surface area (Å²) in [5, 5.41) is 18.8. The SMILES string of the molecule is Cc1ccc2c(c1)C(O)C(CO)C2. The summed E-state index contributed by atoms with van der Waals surface area (Å²) < 4.78 is 0. The molecule has 0 amide bonds. The maximum atomic E-state index is 9.81. The van der Waals surface area contributed by atoms with Gasteiger partial charge >= 0.3 is 0 Å². The first kappa shape index (κ1) is 8.73. The molecule has 0 radical (unpaired) electrons. The summed E-state index contributed by atoms with van der Waals surface area (Å²) in [5.74, 6) is -0.00296. The fourth-order valence-electron chi connectivity index (χ4n) is 1.99. The first-order chi connectivity index (χ1) is 6.22. The smallest absolute Gasteiger partial charge is 0.0846 e. The third-order valence-corrected chi connectivity index (χ3v) is 2.78. The van der Waals surface area contributed by atoms with E-state index in [2.05, 4.69) is 0 Å². The van der Waals surface area contributed by atoms with E-state index in [0.29, 0.717) is 0 Å². The third kappa shape index (κ3) is 1.36. The Morgan fingerprint density at radius 3 is 2.92 bits per heavy atom. The molecule has 1 aliphatic carbocycles. The van der Waals surface area contributed by atoms with Gasteiger partial charge in [-0.1, -0.05) is 23.8 Å². The number of aryl methyl sites for hydroxylation is 1. The summed E-state index contributed by atoms with van der Waals surface area (Å²) in [6.45, 7) is 2.08. The lowest BCUT2D eigenvalue weighted by Gasteiger charge is -2.11. The lowest BCUT2D eigenvalue weighted by Crippen LogP contribution is -2.11. The van der Waals surface area contributed by atoms with Gasteiger partial charge in [-0.25, -0.2) is 0 Å². The Bertz CT molecular complexity index is 320. The summed E-state index contributed by atoms with van der Waals surface area (Å²) in [5.41, 5.74) is 3.34. The monoisotopic (exact) mass is 178 g/mol. The molecular weight excluding hydrogens is 164 g/mol. The first-order valence-corrected chi connectivity index (χ1v) is 4.60. The van der Waals surface area contributed by atoms with E-state index < -0.39 is 6.10 Å². The van der Waals surface area contributed by atoms with E-state index in [9.17, 15) is 5.11 Å². The third-order valence-electron chi connectivity index (χ3n) is 2.78. The lowest BCUT2D eigenvalue weighted by atomic mass is 10.0. The van der Waals surface area contributed by atoms with Crippen LogP contribution in [-0.2, 0) is 6.42 Å². The first-order valence-electron chi connectivity index (χ1n) is 4.60. The highest BCUT2D eigenvalue weighted by molar-refractivity contribution is 5.37. The van der Waals surface area contributed by atoms with Crippen LogP contribution in [0.3, 0.4) is 0 Å². The summed E-state index contributed by atoms with van der Waals surface area (Å²) in [4.78, 5) is 0. The van der Waals surface area contributed by atoms with Crippen LogP contribution in [0.15, 0.2) is 18.2 Å². The summed E-state index contributed by atoms with van der Waals surface area (Å²) in [7, 11) is 0. The van der Waals surface area contributed by atoms with Crippen LogP contribution in [0.4, 0.5) is 0 Å². The second-order valence-electron chi connectivity index (χ2n) is 3.79. The molecule has 2 heteroatoms. The van der Waals surface area contributed by atoms with Gasteiger partial charge in [0.2, 0.25) is 0 Å². The van der Waals surface area contributed by atoms with Gasteiger partial charge in [0.05, 0.1) is 6.10 Å². The molecule has 0 aromatic heterocycles. The minimum Gasteiger partial charge on any atom is -0.396 e. The molecular formula is C11H14O2. The van der Waals surface area contributed by atoms with E-state index >= 15 is 0 Å². The average Bonchev–Trinajstić information content (AvgIpc) is 2.44. The van der Waals surface area contributed by atoms with Gasteiger partial charge in [0.1, 0.15) is 0 Å². The van der Waals surface area contributed by atoms with Crippen molar-refractivity contribution in [3.8, 4) is 0 Å². The molecule has 2 N–H and O–H groups in total. The van der Waals surface area contributed by atoms with Crippen molar-refractivity contribution in [1.29, 1.82) is 0 Å². The van der Waals surface area contributed by atoms with Crippen LogP contribution in [0, 0.1) is 12.8 Å². The normalized spacial score (nSPS) is 26.1. The molecule has 1 aromatic carbocycles. The zero-order valence-corrected chi connectivity index (χ0v) is 7.70. The molecule has 0 saturated heterocycles. The molecule has 1 aliphatic rings. The largest absolute Gasteiger partial charge is 0.396 e. The Morgan fingerprint density at radius 1 is 1.46 bits per heavy atom. The standard InChI is InChI=1S/C11H14O2/c1-7-2-3-8-5-9(6-12)11(13)10(8)4-7/h2-4,9,11-13H,5-6H2,1H3. The molecule has 0 heterocycles. The molecule has 0 bridgehead atoms. The van der Waals surface area contributed by atoms with Gasteiger partial charge in [-0.15, -0.1) is 0 Å². The van der Waals surface area contributed by atoms with Crippen molar-refractivity contribution in [1.82, 2.24) is 0 Å². The molecule has 2 nitrogen and oxygen atoms in total. The van der Waals surface area contributed by atoms with Gasteiger partial charge in [0.25, 0.3) is 0 Å². The van der Waals surface area contributed by atoms with Crippen molar-refractivity contribution in [3.05, 3.63) is 34.9 Å². The molecule has 70 valence electrons. The van der Waals surface area contributed by atoms with Crippen LogP contribution in [0.1, 0.15) is 22.8 Å². The van der Waals surface area contributed by atoms with Crippen LogP contribution in [0.5, 0.6) is 0 Å². The number of benzene rings is 1. The Kier molecular flexibility index (Phi) is 2.10. The molecule has 0 aliphatic heterocycles. The number of hydrogen-bond donors (Lipinski definition) is 2. The quantitative estimate of drug-likeness (QED) is 0.678. The second-order valence-corrected chi connectivity index (χ2v) is 3.79. The van der Waals surface area contributed by atoms with Gasteiger partial charge in [-0.3, -0.25) is 0 Å². The van der Waals surface area contributed by atoms with Gasteiger partial charge < -0.3 is 10.2 Å². The fourth-order valence-corrected chi connectivity index (χ4v) is 1.99. The minimum absolute atomic E-state index is 0.00296. The Hall–Kier alpha value is -0.860. The second kappa shape index (κ2) is 3.13. The van der Waals surface area contributed by atoms with Crippen molar-refractivity contribution in [3.63, 3.8) is 0 Å². The van der Waals surface area contributed by atoms with Gasteiger partial charge in [0, 0.05) is 12.5 Å². The number of hydrogen-bond acceptors (Lipinski definition) is 2. The van der Waals surface area contributed by atoms with E-state index in [-0.39, 0.29) is 12.5 Å². The van der Waals surface area contributed by atoms with Crippen LogP contribution in [0.25, 0.3) is 0 Å². The fraction of sp³-hybridized carbons (Fsp3) is 0.455. The Labute approximate surface area is 77.8 Å². The van der Waals surface area contributed by atoms with Crippen LogP contribution >= 0.6 is 0 Å². The average molecular weight is 178 g/mol. The van der Waals surface area contributed by atoms with E-state index in [4.69, 9.17) is 5.11 Å². The summed E-state index contributed by atoms with van der Waals surface area (Å²) in [6.07, 6.45) is 0.327. The highest BCUT2D eigenvalue weighted by Gasteiger charge is 2.29. The van der Waals surface area contributed by atoms with Gasteiger partial charge in [-0.2, -0.15) is 0 Å². The predicted octanol–water partition coefficient (Wildman–Crippen LogP) is 1.19. The molecule has 2 rings (SSSR count). The van der Waals surface area contributed by atoms with E-state index in [1.807, 2.05) is 25.1 Å². The molecule has 13 heavy (non-hydrogen) atoms. The Morgan fingerprint density at radius 2 is 2.23 bits per heavy atom. The molecule has 0 saturated carbocycles. The highest BCUT2D eigenvalue weighted by Crippen LogP contribution is 2.35. The summed E-state index contributed by atoms with van der Waals surface area (Å²) >= 11 is 0. The molecule has 0 fully saturated rings. The Balaban J connectivity index is 2.39. The van der Waals surface area contributed by atoms with Crippen molar-refractivity contribution in [2.45, 2.75) is 19.4 Å². The zero-order chi connectivity index (χ0) is 9.42. The summed E-state index contributed by atoms with van der Waals surface area (Å²) in [6, 6.07) is 6.10. The lowest BCUT2D eigenvalue weighted by molar-refractivity contribution is 0.0806. The van der Waals surface area contributed by atoms with Crippen molar-refractivity contribution < 1.29 is 10.2 Å². The van der Waals surface area contributed by atoms with Crippen LogP contribution in [0.2, 0.25) is 0 Å². The molecule has 0 spiro atoms. The minimum atomic E-state index is -0.472. The van der Waals surface area contributed by atoms with E-state index in [1.165, 1.54) is 5.56 Å². The van der Waals surface area contributed by atoms with Crippen molar-refractivity contribution >= 4 is 0 Å². The molecule has 2 unspecified atom stereocenters. The van der Waals surface area contributed by atoms with Crippen molar-refractivity contribution in [2.24, 2.45) is 5.92 Å². The number of aliphatic hydroxyl groups excluding tert-OH is 2. The highest BCUT2D eigenvalue weighted by atomic mass is 16.3. The van der Waals surface area contributed by atoms with Gasteiger partial charge in [0.15, 0.2) is 0 Å². The van der Waals surface area contributed by atoms with Crippen molar-refractivity contribution in [2.75, 3.05) is 6.61 Å². The maximum Gasteiger partial charge on any atom is 0.0846 e. The van der Waals surface area contributed by atoms with E-state index in [1.54, 1.807) is 0 Å². The number of fused-ring (bicyclic) bond motifs is 1. The predicted molar refractivity (Wildman–Crippen MR) is 50.4 cm³/mol.